The molecule has 0 aliphatic heterocycles. The second-order valence-corrected chi connectivity index (χ2v) is 5.41. The Labute approximate surface area is 111 Å². The largest absolute Gasteiger partial charge is 0.384 e. The second kappa shape index (κ2) is 6.78. The minimum Gasteiger partial charge on any atom is -0.384 e. The zero-order chi connectivity index (χ0) is 13.7. The third-order valence-corrected chi connectivity index (χ3v) is 3.02. The Balaban J connectivity index is 3.06. The van der Waals surface area contributed by atoms with Crippen molar-refractivity contribution in [1.82, 2.24) is 9.55 Å². The molecule has 0 aliphatic rings. The molecule has 0 bridgehead atoms. The highest BCUT2D eigenvalue weighted by Gasteiger charge is 2.19. The van der Waals surface area contributed by atoms with Crippen molar-refractivity contribution < 1.29 is 4.74 Å². The maximum absolute atomic E-state index is 6.26. The molecule has 1 aromatic rings. The first-order chi connectivity index (χ1) is 8.51. The van der Waals surface area contributed by atoms with Crippen molar-refractivity contribution >= 4 is 5.82 Å². The maximum Gasteiger partial charge on any atom is 0.127 e. The van der Waals surface area contributed by atoms with E-state index in [2.05, 4.69) is 32.3 Å². The van der Waals surface area contributed by atoms with Crippen LogP contribution >= 0.6 is 0 Å². The van der Waals surface area contributed by atoms with Gasteiger partial charge in [0.2, 0.25) is 0 Å². The summed E-state index contributed by atoms with van der Waals surface area (Å²) in [5.74, 6) is 2.75. The van der Waals surface area contributed by atoms with Crippen LogP contribution in [-0.2, 0) is 17.7 Å². The monoisotopic (exact) mass is 253 g/mol. The van der Waals surface area contributed by atoms with Gasteiger partial charge in [-0.1, -0.05) is 27.7 Å². The molecule has 0 amide bonds. The summed E-state index contributed by atoms with van der Waals surface area (Å²) >= 11 is 0. The summed E-state index contributed by atoms with van der Waals surface area (Å²) in [5, 5.41) is 0. The van der Waals surface area contributed by atoms with Crippen LogP contribution in [0.2, 0.25) is 0 Å². The number of rotatable bonds is 7. The Morgan fingerprint density at radius 1 is 1.33 bits per heavy atom. The first-order valence-electron chi connectivity index (χ1n) is 6.84. The molecular weight excluding hydrogens is 226 g/mol. The lowest BCUT2D eigenvalue weighted by atomic mass is 10.1. The smallest absolute Gasteiger partial charge is 0.127 e. The van der Waals surface area contributed by atoms with Gasteiger partial charge in [0.1, 0.15) is 11.6 Å². The molecule has 2 N–H and O–H groups in total. The lowest BCUT2D eigenvalue weighted by molar-refractivity contribution is 0.183. The topological polar surface area (TPSA) is 53.1 Å². The fourth-order valence-corrected chi connectivity index (χ4v) is 2.21. The van der Waals surface area contributed by atoms with E-state index in [-0.39, 0.29) is 5.92 Å². The standard InChI is InChI=1S/C14H27N3O/c1-6-7-12-16-13(11(4)9-18-5)14(15)17(12)8-10(2)3/h10-11H,6-9,15H2,1-5H3. The molecule has 104 valence electrons. The van der Waals surface area contributed by atoms with Gasteiger partial charge >= 0.3 is 0 Å². The van der Waals surface area contributed by atoms with Crippen LogP contribution in [-0.4, -0.2) is 23.3 Å². The fourth-order valence-electron chi connectivity index (χ4n) is 2.21. The Morgan fingerprint density at radius 2 is 2.00 bits per heavy atom. The molecule has 1 atom stereocenters. The van der Waals surface area contributed by atoms with Gasteiger partial charge in [-0.3, -0.25) is 0 Å². The van der Waals surface area contributed by atoms with E-state index in [9.17, 15) is 0 Å². The third-order valence-electron chi connectivity index (χ3n) is 3.02. The Bertz CT molecular complexity index is 371. The normalized spacial score (nSPS) is 13.2. The predicted molar refractivity (Wildman–Crippen MR) is 75.8 cm³/mol. The fraction of sp³-hybridized carbons (Fsp3) is 0.786. The minimum atomic E-state index is 0.249. The van der Waals surface area contributed by atoms with Crippen molar-refractivity contribution in [2.75, 3.05) is 19.5 Å². The number of methoxy groups -OCH3 is 1. The van der Waals surface area contributed by atoms with Crippen LogP contribution in [0.5, 0.6) is 0 Å². The van der Waals surface area contributed by atoms with E-state index >= 15 is 0 Å². The van der Waals surface area contributed by atoms with Crippen LogP contribution in [0, 0.1) is 5.92 Å². The van der Waals surface area contributed by atoms with Gasteiger partial charge in [0, 0.05) is 26.0 Å². The van der Waals surface area contributed by atoms with Crippen molar-refractivity contribution in [3.63, 3.8) is 0 Å². The number of anilines is 1. The van der Waals surface area contributed by atoms with E-state index < -0.39 is 0 Å². The van der Waals surface area contributed by atoms with Gasteiger partial charge in [-0.15, -0.1) is 0 Å². The number of hydrogen-bond donors (Lipinski definition) is 1. The van der Waals surface area contributed by atoms with Crippen LogP contribution < -0.4 is 5.73 Å². The van der Waals surface area contributed by atoms with Gasteiger partial charge in [-0.2, -0.15) is 0 Å². The van der Waals surface area contributed by atoms with Crippen molar-refractivity contribution in [3.8, 4) is 0 Å². The van der Waals surface area contributed by atoms with Crippen LogP contribution in [0.4, 0.5) is 5.82 Å². The SMILES string of the molecule is CCCc1nc(C(C)COC)c(N)n1CC(C)C. The lowest BCUT2D eigenvalue weighted by Crippen LogP contribution is -2.12. The molecular formula is C14H27N3O. The Hall–Kier alpha value is -1.03. The number of nitrogens with zero attached hydrogens (tertiary/aromatic N) is 2. The molecule has 0 fully saturated rings. The zero-order valence-corrected chi connectivity index (χ0v) is 12.4. The molecule has 0 aliphatic carbocycles. The number of nitrogen functional groups attached to an aromatic ring is 1. The van der Waals surface area contributed by atoms with Crippen molar-refractivity contribution in [2.24, 2.45) is 5.92 Å². The Kier molecular flexibility index (Phi) is 5.66. The summed E-state index contributed by atoms with van der Waals surface area (Å²) in [4.78, 5) is 4.73. The number of ether oxygens (including phenoxy) is 1. The molecule has 1 rings (SSSR count). The van der Waals surface area contributed by atoms with E-state index in [1.54, 1.807) is 7.11 Å². The molecule has 1 unspecified atom stereocenters. The van der Waals surface area contributed by atoms with E-state index in [1.807, 2.05) is 0 Å². The number of nitrogens with two attached hydrogens (primary N) is 1. The van der Waals surface area contributed by atoms with Crippen LogP contribution in [0.1, 0.15) is 51.6 Å². The molecule has 1 aromatic heterocycles. The summed E-state index contributed by atoms with van der Waals surface area (Å²) in [5.41, 5.74) is 7.25. The van der Waals surface area contributed by atoms with Gasteiger partial charge in [0.05, 0.1) is 12.3 Å². The first kappa shape index (κ1) is 15.0. The third kappa shape index (κ3) is 3.48. The van der Waals surface area contributed by atoms with Crippen LogP contribution in [0.25, 0.3) is 0 Å². The number of imidazole rings is 1. The molecule has 0 spiro atoms. The lowest BCUT2D eigenvalue weighted by Gasteiger charge is -2.13. The van der Waals surface area contributed by atoms with E-state index in [1.165, 1.54) is 0 Å². The summed E-state index contributed by atoms with van der Waals surface area (Å²) in [7, 11) is 1.71. The number of hydrogen-bond acceptors (Lipinski definition) is 3. The summed E-state index contributed by atoms with van der Waals surface area (Å²) < 4.78 is 7.37. The summed E-state index contributed by atoms with van der Waals surface area (Å²) in [6.45, 7) is 10.3. The van der Waals surface area contributed by atoms with Crippen molar-refractivity contribution in [3.05, 3.63) is 11.5 Å². The minimum absolute atomic E-state index is 0.249. The molecule has 0 radical (unpaired) electrons. The number of aryl methyl sites for hydroxylation is 1. The average Bonchev–Trinajstić information content (AvgIpc) is 2.58. The van der Waals surface area contributed by atoms with Gasteiger partial charge in [0.25, 0.3) is 0 Å². The molecule has 0 aromatic carbocycles. The number of aromatic nitrogens is 2. The average molecular weight is 253 g/mol. The van der Waals surface area contributed by atoms with E-state index in [4.69, 9.17) is 15.5 Å². The first-order valence-corrected chi connectivity index (χ1v) is 6.84. The van der Waals surface area contributed by atoms with E-state index in [0.29, 0.717) is 12.5 Å². The molecule has 1 heterocycles. The maximum atomic E-state index is 6.26. The Morgan fingerprint density at radius 3 is 2.50 bits per heavy atom. The summed E-state index contributed by atoms with van der Waals surface area (Å²) in [6, 6.07) is 0. The van der Waals surface area contributed by atoms with Crippen LogP contribution in [0.15, 0.2) is 0 Å². The predicted octanol–water partition coefficient (Wildman–Crippen LogP) is 2.82. The molecule has 18 heavy (non-hydrogen) atoms. The highest BCUT2D eigenvalue weighted by atomic mass is 16.5. The van der Waals surface area contributed by atoms with E-state index in [0.717, 1.165) is 36.7 Å². The molecule has 0 saturated carbocycles. The second-order valence-electron chi connectivity index (χ2n) is 5.41. The van der Waals surface area contributed by atoms with Gasteiger partial charge < -0.3 is 15.0 Å². The van der Waals surface area contributed by atoms with Crippen molar-refractivity contribution in [2.45, 2.75) is 53.0 Å². The van der Waals surface area contributed by atoms with Crippen molar-refractivity contribution in [1.29, 1.82) is 0 Å². The van der Waals surface area contributed by atoms with Gasteiger partial charge in [-0.25, -0.2) is 4.98 Å². The molecule has 4 heteroatoms. The molecule has 4 nitrogen and oxygen atoms in total. The molecule has 0 saturated heterocycles. The van der Waals surface area contributed by atoms with Crippen LogP contribution in [0.3, 0.4) is 0 Å². The highest BCUT2D eigenvalue weighted by Crippen LogP contribution is 2.25. The highest BCUT2D eigenvalue weighted by molar-refractivity contribution is 5.40. The van der Waals surface area contributed by atoms with Gasteiger partial charge in [0.15, 0.2) is 0 Å². The summed E-state index contributed by atoms with van der Waals surface area (Å²) in [6.07, 6.45) is 2.07. The van der Waals surface area contributed by atoms with Gasteiger partial charge in [-0.05, 0) is 12.3 Å². The quantitative estimate of drug-likeness (QED) is 0.813. The zero-order valence-electron chi connectivity index (χ0n) is 12.4.